The van der Waals surface area contributed by atoms with Gasteiger partial charge in [0.15, 0.2) is 5.82 Å². The zero-order valence-corrected chi connectivity index (χ0v) is 12.6. The van der Waals surface area contributed by atoms with Crippen molar-refractivity contribution in [2.75, 3.05) is 5.32 Å². The zero-order chi connectivity index (χ0) is 15.7. The standard InChI is InChI=1S/C15H12ClN3O3/c1-8-11-13(19-22-14(11)17-9(2)12(8)16)18-15(20)21-10-6-4-3-5-7-10/h3-7H,1-2H3,(H,18,19,20). The molecular formula is C15H12ClN3O3. The molecule has 0 aliphatic carbocycles. The molecule has 0 fully saturated rings. The Morgan fingerprint density at radius 2 is 2.00 bits per heavy atom. The summed E-state index contributed by atoms with van der Waals surface area (Å²) in [6, 6.07) is 8.71. The van der Waals surface area contributed by atoms with Gasteiger partial charge in [-0.25, -0.2) is 9.78 Å². The third-order valence-corrected chi connectivity index (χ3v) is 3.70. The summed E-state index contributed by atoms with van der Waals surface area (Å²) in [5.41, 5.74) is 1.69. The highest BCUT2D eigenvalue weighted by Crippen LogP contribution is 2.31. The monoisotopic (exact) mass is 317 g/mol. The van der Waals surface area contributed by atoms with E-state index in [-0.39, 0.29) is 5.82 Å². The molecule has 1 aromatic carbocycles. The molecule has 0 saturated heterocycles. The van der Waals surface area contributed by atoms with Crippen LogP contribution in [0.1, 0.15) is 11.3 Å². The topological polar surface area (TPSA) is 77.3 Å². The normalized spacial score (nSPS) is 10.7. The number of benzene rings is 1. The van der Waals surface area contributed by atoms with E-state index in [1.54, 1.807) is 31.2 Å². The van der Waals surface area contributed by atoms with E-state index >= 15 is 0 Å². The minimum atomic E-state index is -0.669. The Balaban J connectivity index is 1.88. The number of para-hydroxylation sites is 1. The zero-order valence-electron chi connectivity index (χ0n) is 11.9. The number of halogens is 1. The van der Waals surface area contributed by atoms with Crippen LogP contribution in [0.4, 0.5) is 10.6 Å². The molecule has 1 N–H and O–H groups in total. The van der Waals surface area contributed by atoms with Crippen LogP contribution in [0.25, 0.3) is 11.1 Å². The van der Waals surface area contributed by atoms with Gasteiger partial charge >= 0.3 is 6.09 Å². The van der Waals surface area contributed by atoms with Crippen LogP contribution in [0, 0.1) is 13.8 Å². The largest absolute Gasteiger partial charge is 0.418 e. The molecule has 0 unspecified atom stereocenters. The summed E-state index contributed by atoms with van der Waals surface area (Å²) in [5, 5.41) is 7.41. The molecule has 0 radical (unpaired) electrons. The predicted molar refractivity (Wildman–Crippen MR) is 82.4 cm³/mol. The minimum Gasteiger partial charge on any atom is -0.410 e. The molecule has 7 heteroatoms. The highest BCUT2D eigenvalue weighted by Gasteiger charge is 2.18. The number of fused-ring (bicyclic) bond motifs is 1. The van der Waals surface area contributed by atoms with Gasteiger partial charge in [-0.1, -0.05) is 35.0 Å². The third-order valence-electron chi connectivity index (χ3n) is 3.14. The molecule has 0 spiro atoms. The van der Waals surface area contributed by atoms with Crippen LogP contribution >= 0.6 is 11.6 Å². The number of anilines is 1. The number of hydrogen-bond acceptors (Lipinski definition) is 5. The van der Waals surface area contributed by atoms with E-state index in [0.29, 0.717) is 27.6 Å². The van der Waals surface area contributed by atoms with Gasteiger partial charge in [0.25, 0.3) is 5.71 Å². The van der Waals surface area contributed by atoms with Gasteiger partial charge in [0.1, 0.15) is 5.75 Å². The Hall–Kier alpha value is -2.60. The van der Waals surface area contributed by atoms with Crippen LogP contribution in [-0.2, 0) is 0 Å². The molecule has 3 rings (SSSR count). The van der Waals surface area contributed by atoms with Crippen LogP contribution in [0.5, 0.6) is 5.75 Å². The molecule has 0 aliphatic rings. The average molecular weight is 318 g/mol. The van der Waals surface area contributed by atoms with Gasteiger partial charge in [0.2, 0.25) is 0 Å². The molecule has 2 heterocycles. The van der Waals surface area contributed by atoms with Gasteiger partial charge in [0, 0.05) is 0 Å². The van der Waals surface area contributed by atoms with E-state index < -0.39 is 6.09 Å². The number of carbonyl (C=O) groups is 1. The second-order valence-electron chi connectivity index (χ2n) is 4.68. The predicted octanol–water partition coefficient (Wildman–Crippen LogP) is 4.10. The van der Waals surface area contributed by atoms with Crippen LogP contribution in [0.3, 0.4) is 0 Å². The van der Waals surface area contributed by atoms with Gasteiger partial charge in [-0.15, -0.1) is 0 Å². The lowest BCUT2D eigenvalue weighted by Crippen LogP contribution is -2.17. The van der Waals surface area contributed by atoms with E-state index in [9.17, 15) is 4.79 Å². The summed E-state index contributed by atoms with van der Waals surface area (Å²) in [7, 11) is 0. The fourth-order valence-corrected chi connectivity index (χ4v) is 2.22. The van der Waals surface area contributed by atoms with Crippen molar-refractivity contribution in [1.29, 1.82) is 0 Å². The van der Waals surface area contributed by atoms with Crippen molar-refractivity contribution in [3.63, 3.8) is 0 Å². The Morgan fingerprint density at radius 3 is 2.73 bits per heavy atom. The lowest BCUT2D eigenvalue weighted by Gasteiger charge is -2.06. The molecule has 0 bridgehead atoms. The maximum atomic E-state index is 11.9. The van der Waals surface area contributed by atoms with Crippen molar-refractivity contribution in [3.8, 4) is 5.75 Å². The number of pyridine rings is 1. The molecule has 0 saturated carbocycles. The maximum absolute atomic E-state index is 11.9. The number of ether oxygens (including phenoxy) is 1. The Labute approximate surface area is 131 Å². The van der Waals surface area contributed by atoms with Gasteiger partial charge < -0.3 is 9.26 Å². The van der Waals surface area contributed by atoms with Crippen molar-refractivity contribution in [1.82, 2.24) is 10.1 Å². The van der Waals surface area contributed by atoms with Crippen molar-refractivity contribution < 1.29 is 14.1 Å². The van der Waals surface area contributed by atoms with Crippen LogP contribution in [-0.4, -0.2) is 16.2 Å². The molecule has 2 aromatic heterocycles. The molecule has 0 atom stereocenters. The summed E-state index contributed by atoms with van der Waals surface area (Å²) >= 11 is 6.18. The molecular weight excluding hydrogens is 306 g/mol. The number of amides is 1. The highest BCUT2D eigenvalue weighted by molar-refractivity contribution is 6.33. The summed E-state index contributed by atoms with van der Waals surface area (Å²) in [4.78, 5) is 16.1. The average Bonchev–Trinajstić information content (AvgIpc) is 2.88. The second-order valence-corrected chi connectivity index (χ2v) is 5.05. The van der Waals surface area contributed by atoms with Gasteiger partial charge in [-0.05, 0) is 31.5 Å². The van der Waals surface area contributed by atoms with Crippen molar-refractivity contribution in [2.24, 2.45) is 0 Å². The van der Waals surface area contributed by atoms with E-state index in [1.807, 2.05) is 13.0 Å². The minimum absolute atomic E-state index is 0.225. The number of aryl methyl sites for hydroxylation is 2. The van der Waals surface area contributed by atoms with E-state index in [2.05, 4.69) is 15.5 Å². The van der Waals surface area contributed by atoms with Crippen LogP contribution < -0.4 is 10.1 Å². The fourth-order valence-electron chi connectivity index (χ4n) is 2.08. The molecule has 1 amide bonds. The number of aromatic nitrogens is 2. The smallest absolute Gasteiger partial charge is 0.410 e. The van der Waals surface area contributed by atoms with Crippen LogP contribution in [0.15, 0.2) is 34.9 Å². The quantitative estimate of drug-likeness (QED) is 0.769. The fraction of sp³-hybridized carbons (Fsp3) is 0.133. The Morgan fingerprint density at radius 1 is 1.27 bits per heavy atom. The lowest BCUT2D eigenvalue weighted by molar-refractivity contribution is 0.215. The summed E-state index contributed by atoms with van der Waals surface area (Å²) in [5.74, 6) is 0.652. The number of nitrogens with one attached hydrogen (secondary N) is 1. The van der Waals surface area contributed by atoms with Crippen molar-refractivity contribution in [2.45, 2.75) is 13.8 Å². The summed E-state index contributed by atoms with van der Waals surface area (Å²) < 4.78 is 10.3. The molecule has 3 aromatic rings. The molecule has 6 nitrogen and oxygen atoms in total. The van der Waals surface area contributed by atoms with Gasteiger partial charge in [-0.2, -0.15) is 0 Å². The molecule has 112 valence electrons. The highest BCUT2D eigenvalue weighted by atomic mass is 35.5. The first kappa shape index (κ1) is 14.3. The van der Waals surface area contributed by atoms with E-state index in [4.69, 9.17) is 20.9 Å². The molecule has 22 heavy (non-hydrogen) atoms. The first-order chi connectivity index (χ1) is 10.6. The number of hydrogen-bond donors (Lipinski definition) is 1. The summed E-state index contributed by atoms with van der Waals surface area (Å²) in [6.45, 7) is 3.58. The SMILES string of the molecule is Cc1nc2onc(NC(=O)Oc3ccccc3)c2c(C)c1Cl. The van der Waals surface area contributed by atoms with Crippen LogP contribution in [0.2, 0.25) is 5.02 Å². The van der Waals surface area contributed by atoms with Gasteiger partial charge in [0.05, 0.1) is 16.1 Å². The van der Waals surface area contributed by atoms with Gasteiger partial charge in [-0.3, -0.25) is 5.32 Å². The number of rotatable bonds is 2. The third kappa shape index (κ3) is 2.60. The summed E-state index contributed by atoms with van der Waals surface area (Å²) in [6.07, 6.45) is -0.669. The van der Waals surface area contributed by atoms with E-state index in [1.165, 1.54) is 0 Å². The first-order valence-electron chi connectivity index (χ1n) is 6.52. The van der Waals surface area contributed by atoms with Crippen molar-refractivity contribution >= 4 is 34.6 Å². The Kier molecular flexibility index (Phi) is 3.68. The lowest BCUT2D eigenvalue weighted by atomic mass is 10.2. The second kappa shape index (κ2) is 5.65. The first-order valence-corrected chi connectivity index (χ1v) is 6.90. The van der Waals surface area contributed by atoms with Crippen molar-refractivity contribution in [3.05, 3.63) is 46.6 Å². The molecule has 0 aliphatic heterocycles. The number of nitrogens with zero attached hydrogens (tertiary/aromatic N) is 2. The number of carbonyl (C=O) groups excluding carboxylic acids is 1. The maximum Gasteiger partial charge on any atom is 0.418 e. The van der Waals surface area contributed by atoms with E-state index in [0.717, 1.165) is 5.56 Å². The Bertz CT molecular complexity index is 846.